The first kappa shape index (κ1) is 17.7. The van der Waals surface area contributed by atoms with Gasteiger partial charge in [-0.15, -0.1) is 11.8 Å². The molecular weight excluding hydrogens is 367 g/mol. The number of amides is 3. The summed E-state index contributed by atoms with van der Waals surface area (Å²) < 4.78 is 13.4. The van der Waals surface area contributed by atoms with Crippen molar-refractivity contribution in [3.8, 4) is 0 Å². The summed E-state index contributed by atoms with van der Waals surface area (Å²) in [6.07, 6.45) is 0.168. The summed E-state index contributed by atoms with van der Waals surface area (Å²) in [5, 5.41) is -0.483. The second-order valence-corrected chi connectivity index (χ2v) is 7.99. The van der Waals surface area contributed by atoms with Crippen LogP contribution >= 0.6 is 11.8 Å². The first-order chi connectivity index (χ1) is 12.9. The molecule has 1 spiro atoms. The zero-order chi connectivity index (χ0) is 19.3. The Hall–Kier alpha value is -2.67. The van der Waals surface area contributed by atoms with Gasteiger partial charge in [-0.05, 0) is 37.3 Å². The topological polar surface area (TPSA) is 57.7 Å². The van der Waals surface area contributed by atoms with Crippen LogP contribution in [0.5, 0.6) is 0 Å². The molecule has 7 heteroatoms. The molecule has 138 valence electrons. The Morgan fingerprint density at radius 2 is 1.81 bits per heavy atom. The third kappa shape index (κ3) is 2.34. The van der Waals surface area contributed by atoms with E-state index in [-0.39, 0.29) is 18.2 Å². The average Bonchev–Trinajstić information content (AvgIpc) is 3.08. The van der Waals surface area contributed by atoms with Crippen LogP contribution in [0, 0.1) is 5.82 Å². The molecule has 27 heavy (non-hydrogen) atoms. The summed E-state index contributed by atoms with van der Waals surface area (Å²) in [7, 11) is 0. The molecule has 2 aliphatic rings. The van der Waals surface area contributed by atoms with Crippen LogP contribution in [0.15, 0.2) is 48.5 Å². The van der Waals surface area contributed by atoms with Crippen molar-refractivity contribution >= 4 is 40.9 Å². The van der Waals surface area contributed by atoms with Gasteiger partial charge in [-0.25, -0.2) is 9.29 Å². The maximum Gasteiger partial charge on any atom is 0.275 e. The van der Waals surface area contributed by atoms with Crippen molar-refractivity contribution < 1.29 is 18.8 Å². The van der Waals surface area contributed by atoms with Gasteiger partial charge in [0, 0.05) is 17.7 Å². The van der Waals surface area contributed by atoms with Crippen LogP contribution < -0.4 is 9.80 Å². The fraction of sp³-hybridized carbons (Fsp3) is 0.250. The lowest BCUT2D eigenvalue weighted by Gasteiger charge is -2.32. The largest absolute Gasteiger partial charge is 0.283 e. The molecule has 0 N–H and O–H groups in total. The Balaban J connectivity index is 1.96. The normalized spacial score (nSPS) is 24.0. The number of anilines is 2. The van der Waals surface area contributed by atoms with Crippen molar-refractivity contribution in [1.82, 2.24) is 0 Å². The van der Waals surface area contributed by atoms with Crippen LogP contribution in [0.4, 0.5) is 15.8 Å². The molecule has 2 aromatic carbocycles. The quantitative estimate of drug-likeness (QED) is 0.796. The monoisotopic (exact) mass is 384 g/mol. The molecule has 0 radical (unpaired) electrons. The van der Waals surface area contributed by atoms with Crippen LogP contribution in [0.2, 0.25) is 0 Å². The summed E-state index contributed by atoms with van der Waals surface area (Å²) >= 11 is 1.21. The minimum atomic E-state index is -1.37. The predicted molar refractivity (Wildman–Crippen MR) is 102 cm³/mol. The number of hydrogen-bond acceptors (Lipinski definition) is 4. The summed E-state index contributed by atoms with van der Waals surface area (Å²) in [4.78, 5) is 40.3. The van der Waals surface area contributed by atoms with E-state index >= 15 is 0 Å². The molecule has 4 rings (SSSR count). The Bertz CT molecular complexity index is 962. The number of rotatable bonds is 2. The van der Waals surface area contributed by atoms with Gasteiger partial charge in [0.1, 0.15) is 5.82 Å². The molecule has 5 nitrogen and oxygen atoms in total. The lowest BCUT2D eigenvalue weighted by atomic mass is 10.0. The molecule has 2 atom stereocenters. The third-order valence-corrected chi connectivity index (χ3v) is 6.34. The first-order valence-corrected chi connectivity index (χ1v) is 9.54. The van der Waals surface area contributed by atoms with E-state index in [4.69, 9.17) is 0 Å². The summed E-state index contributed by atoms with van der Waals surface area (Å²) in [6.45, 7) is 3.43. The molecule has 1 fully saturated rings. The molecule has 2 aromatic rings. The SMILES string of the molecule is CCC(=O)N1C(=O)[C@]2(S[C@H](C)C(=O)N2c2ccc(F)cc2)c2ccccc21. The number of fused-ring (bicyclic) bond motifs is 2. The zero-order valence-corrected chi connectivity index (χ0v) is 15.6. The van der Waals surface area contributed by atoms with E-state index in [9.17, 15) is 18.8 Å². The van der Waals surface area contributed by atoms with Crippen LogP contribution in [-0.4, -0.2) is 23.0 Å². The summed E-state index contributed by atoms with van der Waals surface area (Å²) in [6, 6.07) is 12.5. The Kier molecular flexibility index (Phi) is 4.07. The third-order valence-electron chi connectivity index (χ3n) is 4.87. The van der Waals surface area contributed by atoms with E-state index in [0.717, 1.165) is 0 Å². The van der Waals surface area contributed by atoms with Gasteiger partial charge >= 0.3 is 0 Å². The van der Waals surface area contributed by atoms with Crippen molar-refractivity contribution in [3.05, 3.63) is 59.9 Å². The van der Waals surface area contributed by atoms with Gasteiger partial charge in [0.25, 0.3) is 5.91 Å². The van der Waals surface area contributed by atoms with Gasteiger partial charge in [0.15, 0.2) is 0 Å². The Morgan fingerprint density at radius 1 is 1.15 bits per heavy atom. The molecular formula is C20H17FN2O3S. The highest BCUT2D eigenvalue weighted by Gasteiger charge is 2.64. The van der Waals surface area contributed by atoms with E-state index in [1.165, 1.54) is 45.8 Å². The van der Waals surface area contributed by atoms with E-state index < -0.39 is 21.8 Å². The highest BCUT2D eigenvalue weighted by molar-refractivity contribution is 8.03. The van der Waals surface area contributed by atoms with Crippen LogP contribution in [-0.2, 0) is 19.3 Å². The fourth-order valence-corrected chi connectivity index (χ4v) is 5.17. The molecule has 2 heterocycles. The van der Waals surface area contributed by atoms with Gasteiger partial charge in [0.05, 0.1) is 10.9 Å². The van der Waals surface area contributed by atoms with Crippen molar-refractivity contribution in [3.63, 3.8) is 0 Å². The Labute approximate surface area is 160 Å². The van der Waals surface area contributed by atoms with Crippen molar-refractivity contribution in [2.45, 2.75) is 30.4 Å². The molecule has 0 aliphatic carbocycles. The molecule has 2 aliphatic heterocycles. The van der Waals surface area contributed by atoms with Gasteiger partial charge in [0.2, 0.25) is 16.7 Å². The van der Waals surface area contributed by atoms with Gasteiger partial charge < -0.3 is 0 Å². The molecule has 0 aromatic heterocycles. The number of nitrogens with zero attached hydrogens (tertiary/aromatic N) is 2. The van der Waals surface area contributed by atoms with E-state index in [1.807, 2.05) is 0 Å². The van der Waals surface area contributed by atoms with Crippen molar-refractivity contribution in [2.75, 3.05) is 9.80 Å². The highest BCUT2D eigenvalue weighted by atomic mass is 32.2. The van der Waals surface area contributed by atoms with Gasteiger partial charge in [-0.1, -0.05) is 25.1 Å². The molecule has 3 amide bonds. The highest BCUT2D eigenvalue weighted by Crippen LogP contribution is 2.57. The number of hydrogen-bond donors (Lipinski definition) is 0. The predicted octanol–water partition coefficient (Wildman–Crippen LogP) is 3.43. The lowest BCUT2D eigenvalue weighted by Crippen LogP contribution is -2.51. The van der Waals surface area contributed by atoms with Crippen LogP contribution in [0.1, 0.15) is 25.8 Å². The Morgan fingerprint density at radius 3 is 2.48 bits per heavy atom. The number of halogens is 1. The second-order valence-electron chi connectivity index (χ2n) is 6.46. The maximum atomic E-state index is 13.5. The number of thioether (sulfide) groups is 1. The molecule has 0 saturated carbocycles. The van der Waals surface area contributed by atoms with E-state index in [1.54, 1.807) is 38.1 Å². The molecule has 1 saturated heterocycles. The number of para-hydroxylation sites is 1. The minimum absolute atomic E-state index is 0.168. The van der Waals surface area contributed by atoms with Crippen molar-refractivity contribution in [1.29, 1.82) is 0 Å². The number of benzene rings is 2. The standard InChI is InChI=1S/C20H17FN2O3S/c1-3-17(24)22-16-7-5-4-6-15(16)20(19(22)26)23(18(25)12(2)27-20)14-10-8-13(21)9-11-14/h4-12H,3H2,1-2H3/t12-,20-/m1/s1. The zero-order valence-electron chi connectivity index (χ0n) is 14.8. The first-order valence-electron chi connectivity index (χ1n) is 8.66. The maximum absolute atomic E-state index is 13.5. The lowest BCUT2D eigenvalue weighted by molar-refractivity contribution is -0.128. The van der Waals surface area contributed by atoms with E-state index in [2.05, 4.69) is 0 Å². The van der Waals surface area contributed by atoms with Crippen LogP contribution in [0.3, 0.4) is 0 Å². The minimum Gasteiger partial charge on any atom is -0.283 e. The second kappa shape index (κ2) is 6.20. The summed E-state index contributed by atoms with van der Waals surface area (Å²) in [5.74, 6) is -1.46. The van der Waals surface area contributed by atoms with Gasteiger partial charge in [-0.3, -0.25) is 19.3 Å². The number of carbonyl (C=O) groups is 3. The number of imide groups is 1. The van der Waals surface area contributed by atoms with Crippen molar-refractivity contribution in [2.24, 2.45) is 0 Å². The average molecular weight is 384 g/mol. The van der Waals surface area contributed by atoms with E-state index in [0.29, 0.717) is 16.9 Å². The fourth-order valence-electron chi connectivity index (χ4n) is 3.66. The summed E-state index contributed by atoms with van der Waals surface area (Å²) in [5.41, 5.74) is 1.52. The molecule has 0 unspecified atom stereocenters. The number of carbonyl (C=O) groups excluding carboxylic acids is 3. The van der Waals surface area contributed by atoms with Gasteiger partial charge in [-0.2, -0.15) is 0 Å². The smallest absolute Gasteiger partial charge is 0.275 e. The van der Waals surface area contributed by atoms with Crippen LogP contribution in [0.25, 0.3) is 0 Å². The molecule has 0 bridgehead atoms.